The second-order valence-electron chi connectivity index (χ2n) is 4.37. The van der Waals surface area contributed by atoms with Crippen LogP contribution in [-0.2, 0) is 9.63 Å². The number of oxime groups is 1. The van der Waals surface area contributed by atoms with Crippen molar-refractivity contribution in [1.29, 1.82) is 5.26 Å². The minimum atomic E-state index is -2.18. The van der Waals surface area contributed by atoms with Crippen molar-refractivity contribution in [2.24, 2.45) is 5.16 Å². The van der Waals surface area contributed by atoms with Crippen LogP contribution in [-0.4, -0.2) is 15.5 Å². The summed E-state index contributed by atoms with van der Waals surface area (Å²) in [5.41, 5.74) is 2.39. The van der Waals surface area contributed by atoms with E-state index in [1.165, 1.54) is 0 Å². The monoisotopic (exact) mass is 366 g/mol. The smallest absolute Gasteiger partial charge is 0.313 e. The van der Waals surface area contributed by atoms with E-state index >= 15 is 0 Å². The number of allylic oxidation sites excluding steroid dienone is 6. The molecule has 0 radical (unpaired) electrons. The summed E-state index contributed by atoms with van der Waals surface area (Å²) in [5.74, 6) is -1.10. The number of halogens is 3. The van der Waals surface area contributed by atoms with E-state index in [4.69, 9.17) is 34.8 Å². The van der Waals surface area contributed by atoms with Gasteiger partial charge >= 0.3 is 5.97 Å². The lowest BCUT2D eigenvalue weighted by atomic mass is 9.97. The highest BCUT2D eigenvalue weighted by Gasteiger charge is 2.33. The minimum absolute atomic E-state index is 0.349. The first-order chi connectivity index (χ1) is 10.9. The first-order valence-electron chi connectivity index (χ1n) is 6.34. The molecule has 116 valence electrons. The van der Waals surface area contributed by atoms with Crippen LogP contribution in [0.2, 0.25) is 0 Å². The second-order valence-corrected chi connectivity index (χ2v) is 6.65. The average Bonchev–Trinajstić information content (AvgIpc) is 2.54. The lowest BCUT2D eigenvalue weighted by Gasteiger charge is -2.08. The lowest BCUT2D eigenvalue weighted by Crippen LogP contribution is -2.20. The summed E-state index contributed by atoms with van der Waals surface area (Å²) in [6.07, 6.45) is 6.55. The average molecular weight is 368 g/mol. The van der Waals surface area contributed by atoms with Crippen LogP contribution in [0.25, 0.3) is 5.57 Å². The molecule has 1 aromatic carbocycles. The Balaban J connectivity index is 2.18. The van der Waals surface area contributed by atoms with Gasteiger partial charge in [0.05, 0.1) is 5.57 Å². The molecule has 0 heterocycles. The van der Waals surface area contributed by atoms with Crippen molar-refractivity contribution in [3.8, 4) is 6.07 Å². The maximum Gasteiger partial charge on any atom is 0.386 e. The Morgan fingerprint density at radius 2 is 1.70 bits per heavy atom. The van der Waals surface area contributed by atoms with E-state index in [0.29, 0.717) is 16.9 Å². The zero-order valence-corrected chi connectivity index (χ0v) is 13.8. The fourth-order valence-corrected chi connectivity index (χ4v) is 1.84. The van der Waals surface area contributed by atoms with Crippen molar-refractivity contribution in [3.05, 3.63) is 65.8 Å². The highest BCUT2D eigenvalue weighted by molar-refractivity contribution is 6.75. The van der Waals surface area contributed by atoms with E-state index in [0.717, 1.165) is 5.56 Å². The van der Waals surface area contributed by atoms with Gasteiger partial charge in [0.2, 0.25) is 0 Å². The van der Waals surface area contributed by atoms with E-state index < -0.39 is 9.76 Å². The molecule has 4 nitrogen and oxygen atoms in total. The van der Waals surface area contributed by atoms with Crippen molar-refractivity contribution < 1.29 is 9.63 Å². The predicted octanol–water partition coefficient (Wildman–Crippen LogP) is 4.36. The van der Waals surface area contributed by atoms with Crippen LogP contribution >= 0.6 is 34.8 Å². The largest absolute Gasteiger partial charge is 0.386 e. The summed E-state index contributed by atoms with van der Waals surface area (Å²) in [4.78, 5) is 15.8. The fourth-order valence-electron chi connectivity index (χ4n) is 1.74. The van der Waals surface area contributed by atoms with Crippen LogP contribution in [0.1, 0.15) is 5.56 Å². The van der Waals surface area contributed by atoms with Gasteiger partial charge in [-0.1, -0.05) is 82.4 Å². The number of hydrogen-bond acceptors (Lipinski definition) is 4. The molecule has 0 amide bonds. The Labute approximate surface area is 147 Å². The topological polar surface area (TPSA) is 62.4 Å². The summed E-state index contributed by atoms with van der Waals surface area (Å²) >= 11 is 16.1. The molecular weight excluding hydrogens is 359 g/mol. The lowest BCUT2D eigenvalue weighted by molar-refractivity contribution is -0.142. The summed E-state index contributed by atoms with van der Waals surface area (Å²) in [6.45, 7) is 0. The van der Waals surface area contributed by atoms with Gasteiger partial charge in [0, 0.05) is 0 Å². The standard InChI is InChI=1S/C16H9Cl3N2O2/c17-16(18,19)15(22)23-21-13-8-6-12(7-9-13)14(10-20)11-4-2-1-3-5-11/h1-9H. The summed E-state index contributed by atoms with van der Waals surface area (Å²) in [7, 11) is 0. The highest BCUT2D eigenvalue weighted by atomic mass is 35.6. The first kappa shape index (κ1) is 17.3. The second kappa shape index (κ2) is 7.47. The molecule has 0 unspecified atom stereocenters. The Bertz CT molecular complexity index is 749. The van der Waals surface area contributed by atoms with Crippen molar-refractivity contribution >= 4 is 52.1 Å². The zero-order valence-electron chi connectivity index (χ0n) is 11.5. The van der Waals surface area contributed by atoms with E-state index in [2.05, 4.69) is 16.1 Å². The Kier molecular flexibility index (Phi) is 5.62. The molecule has 0 saturated heterocycles. The van der Waals surface area contributed by atoms with Gasteiger partial charge in [-0.2, -0.15) is 5.26 Å². The van der Waals surface area contributed by atoms with Gasteiger partial charge in [-0.05, 0) is 23.3 Å². The Morgan fingerprint density at radius 3 is 2.22 bits per heavy atom. The number of carbonyl (C=O) groups is 1. The normalized spacial score (nSPS) is 13.5. The molecule has 1 aromatic rings. The zero-order chi connectivity index (χ0) is 16.9. The van der Waals surface area contributed by atoms with Crippen LogP contribution in [0.4, 0.5) is 0 Å². The van der Waals surface area contributed by atoms with Gasteiger partial charge in [-0.25, -0.2) is 4.79 Å². The van der Waals surface area contributed by atoms with Crippen LogP contribution in [0.5, 0.6) is 0 Å². The van der Waals surface area contributed by atoms with Gasteiger partial charge < -0.3 is 4.84 Å². The summed E-state index contributed by atoms with van der Waals surface area (Å²) in [5, 5.41) is 12.9. The van der Waals surface area contributed by atoms with Gasteiger partial charge in [0.15, 0.2) is 0 Å². The third kappa shape index (κ3) is 4.70. The molecule has 2 rings (SSSR count). The Hall–Kier alpha value is -2.06. The maximum absolute atomic E-state index is 11.3. The highest BCUT2D eigenvalue weighted by Crippen LogP contribution is 2.27. The van der Waals surface area contributed by atoms with Crippen LogP contribution in [0, 0.1) is 11.3 Å². The Morgan fingerprint density at radius 1 is 1.09 bits per heavy atom. The van der Waals surface area contributed by atoms with Gasteiger partial charge in [0.1, 0.15) is 11.8 Å². The number of benzene rings is 1. The van der Waals surface area contributed by atoms with Crippen LogP contribution < -0.4 is 0 Å². The molecule has 0 atom stereocenters. The van der Waals surface area contributed by atoms with Gasteiger partial charge in [0.25, 0.3) is 3.79 Å². The number of nitrogens with zero attached hydrogens (tertiary/aromatic N) is 2. The fraction of sp³-hybridized carbons (Fsp3) is 0.0625. The quantitative estimate of drug-likeness (QED) is 0.338. The van der Waals surface area contributed by atoms with E-state index in [1.807, 2.05) is 30.3 Å². The predicted molar refractivity (Wildman–Crippen MR) is 91.1 cm³/mol. The molecule has 1 aliphatic carbocycles. The number of carbonyl (C=O) groups excluding carboxylic acids is 1. The van der Waals surface area contributed by atoms with Crippen molar-refractivity contribution in [1.82, 2.24) is 0 Å². The van der Waals surface area contributed by atoms with E-state index in [1.54, 1.807) is 24.3 Å². The summed E-state index contributed by atoms with van der Waals surface area (Å²) < 4.78 is -2.18. The van der Waals surface area contributed by atoms with Crippen LogP contribution in [0.15, 0.2) is 65.4 Å². The molecule has 0 saturated carbocycles. The third-order valence-electron chi connectivity index (χ3n) is 2.80. The molecule has 7 heteroatoms. The van der Waals surface area contributed by atoms with E-state index in [9.17, 15) is 10.1 Å². The van der Waals surface area contributed by atoms with Gasteiger partial charge in [-0.15, -0.1) is 0 Å². The van der Waals surface area contributed by atoms with Crippen LogP contribution in [0.3, 0.4) is 0 Å². The molecule has 0 fully saturated rings. The molecular formula is C16H9Cl3N2O2. The SMILES string of the molecule is N#CC(=C1C=CC(=NOC(=O)C(Cl)(Cl)Cl)C=C1)c1ccccc1. The molecule has 0 aromatic heterocycles. The number of rotatable bonds is 2. The summed E-state index contributed by atoms with van der Waals surface area (Å²) in [6, 6.07) is 11.4. The van der Waals surface area contributed by atoms with E-state index in [-0.39, 0.29) is 0 Å². The molecule has 0 N–H and O–H groups in total. The number of alkyl halides is 3. The number of nitriles is 1. The molecule has 0 bridgehead atoms. The molecule has 23 heavy (non-hydrogen) atoms. The first-order valence-corrected chi connectivity index (χ1v) is 7.47. The van der Waals surface area contributed by atoms with Crippen molar-refractivity contribution in [2.45, 2.75) is 3.79 Å². The molecule has 0 spiro atoms. The maximum atomic E-state index is 11.3. The van der Waals surface area contributed by atoms with Gasteiger partial charge in [-0.3, -0.25) is 0 Å². The molecule has 0 aliphatic heterocycles. The van der Waals surface area contributed by atoms with Crippen molar-refractivity contribution in [2.75, 3.05) is 0 Å². The minimum Gasteiger partial charge on any atom is -0.313 e. The number of hydrogen-bond donors (Lipinski definition) is 0. The van der Waals surface area contributed by atoms with Crippen molar-refractivity contribution in [3.63, 3.8) is 0 Å². The third-order valence-corrected chi connectivity index (χ3v) is 3.26. The molecule has 1 aliphatic rings.